The number of nitrogen functional groups attached to an aromatic ring is 1. The second-order valence-corrected chi connectivity index (χ2v) is 8.93. The molecule has 9 heteroatoms. The van der Waals surface area contributed by atoms with Crippen LogP contribution in [0.5, 0.6) is 5.75 Å². The minimum absolute atomic E-state index is 0. The second-order valence-electron chi connectivity index (χ2n) is 8.93. The molecule has 1 aromatic heterocycles. The van der Waals surface area contributed by atoms with Gasteiger partial charge in [0.05, 0.1) is 7.11 Å². The number of nitrogens with two attached hydrogens (primary N) is 1. The van der Waals surface area contributed by atoms with Crippen molar-refractivity contribution in [3.05, 3.63) is 40.6 Å². The van der Waals surface area contributed by atoms with Gasteiger partial charge in [-0.05, 0) is 56.3 Å². The maximum absolute atomic E-state index is 11.5. The Bertz CT molecular complexity index is 979. The van der Waals surface area contributed by atoms with E-state index in [9.17, 15) is 15.0 Å². The summed E-state index contributed by atoms with van der Waals surface area (Å²) in [5.41, 5.74) is 9.68. The summed E-state index contributed by atoms with van der Waals surface area (Å²) in [7, 11) is 1.64. The molecule has 0 saturated carbocycles. The van der Waals surface area contributed by atoms with Crippen LogP contribution in [-0.4, -0.2) is 63.4 Å². The van der Waals surface area contributed by atoms with E-state index in [0.29, 0.717) is 31.6 Å². The standard InChI is InChI=1S/C25H37N5O4.2CH4/c1-4-6-19(10-12-31)28-23-20(16(2)27-25(26)29-23)14-18-9-8-17(13-22(18)34-3)15-30-11-5-7-21(30)24(32)33;;/h8-9,13,19,21,31H,4-7,10-12,14-15H2,1-3H3,(H,32,33)(H3,26,27,28,29);2*1H4/t19-,21+;;/m0../s1. The van der Waals surface area contributed by atoms with Gasteiger partial charge in [-0.1, -0.05) is 40.3 Å². The van der Waals surface area contributed by atoms with Crippen LogP contribution in [0.2, 0.25) is 0 Å². The van der Waals surface area contributed by atoms with Crippen molar-refractivity contribution in [1.29, 1.82) is 0 Å². The molecule has 9 nitrogen and oxygen atoms in total. The number of aliphatic hydroxyl groups is 1. The average Bonchev–Trinajstić information content (AvgIpc) is 3.25. The number of anilines is 2. The number of methoxy groups -OCH3 is 1. The largest absolute Gasteiger partial charge is 0.496 e. The molecule has 1 aliphatic rings. The van der Waals surface area contributed by atoms with Gasteiger partial charge in [-0.15, -0.1) is 0 Å². The highest BCUT2D eigenvalue weighted by atomic mass is 16.5. The number of carboxylic acids is 1. The molecular weight excluding hydrogens is 458 g/mol. The Labute approximate surface area is 216 Å². The van der Waals surface area contributed by atoms with Crippen LogP contribution in [0, 0.1) is 6.92 Å². The Morgan fingerprint density at radius 3 is 2.69 bits per heavy atom. The van der Waals surface area contributed by atoms with Gasteiger partial charge in [0.15, 0.2) is 0 Å². The molecule has 1 aromatic carbocycles. The van der Waals surface area contributed by atoms with Crippen molar-refractivity contribution in [3.8, 4) is 5.75 Å². The smallest absolute Gasteiger partial charge is 0.320 e. The van der Waals surface area contributed by atoms with Crippen LogP contribution in [0.15, 0.2) is 18.2 Å². The van der Waals surface area contributed by atoms with E-state index in [-0.39, 0.29) is 33.5 Å². The van der Waals surface area contributed by atoms with Crippen molar-refractivity contribution in [1.82, 2.24) is 14.9 Å². The molecule has 1 saturated heterocycles. The number of aromatic nitrogens is 2. The highest BCUT2D eigenvalue weighted by molar-refractivity contribution is 5.73. The fourth-order valence-corrected chi connectivity index (χ4v) is 4.69. The Morgan fingerprint density at radius 2 is 2.06 bits per heavy atom. The number of aliphatic hydroxyl groups excluding tert-OH is 1. The van der Waals surface area contributed by atoms with Crippen molar-refractivity contribution in [2.45, 2.75) is 85.9 Å². The molecule has 2 atom stereocenters. The quantitative estimate of drug-likeness (QED) is 0.335. The Morgan fingerprint density at radius 1 is 1.31 bits per heavy atom. The lowest BCUT2D eigenvalue weighted by atomic mass is 10.0. The normalized spacial score (nSPS) is 16.1. The molecule has 2 aromatic rings. The van der Waals surface area contributed by atoms with Gasteiger partial charge in [-0.3, -0.25) is 9.69 Å². The van der Waals surface area contributed by atoms with Crippen LogP contribution in [0.25, 0.3) is 0 Å². The molecule has 0 radical (unpaired) electrons. The van der Waals surface area contributed by atoms with Gasteiger partial charge < -0.3 is 26.0 Å². The summed E-state index contributed by atoms with van der Waals surface area (Å²) in [6.07, 6.45) is 4.66. The second kappa shape index (κ2) is 14.6. The zero-order valence-corrected chi connectivity index (χ0v) is 20.4. The Balaban J connectivity index is 0.00000324. The fraction of sp³-hybridized carbons (Fsp3) is 0.593. The van der Waals surface area contributed by atoms with E-state index in [1.807, 2.05) is 30.0 Å². The Hall–Kier alpha value is -2.91. The zero-order valence-electron chi connectivity index (χ0n) is 20.4. The van der Waals surface area contributed by atoms with E-state index in [0.717, 1.165) is 53.9 Å². The number of aryl methyl sites for hydroxylation is 1. The van der Waals surface area contributed by atoms with E-state index < -0.39 is 12.0 Å². The summed E-state index contributed by atoms with van der Waals surface area (Å²) < 4.78 is 5.70. The third-order valence-electron chi connectivity index (χ3n) is 6.44. The minimum atomic E-state index is -0.762. The van der Waals surface area contributed by atoms with Gasteiger partial charge in [0.1, 0.15) is 17.6 Å². The van der Waals surface area contributed by atoms with E-state index in [1.54, 1.807) is 7.11 Å². The molecule has 3 rings (SSSR count). The number of hydrogen-bond donors (Lipinski definition) is 4. The van der Waals surface area contributed by atoms with Gasteiger partial charge in [-0.25, -0.2) is 4.98 Å². The fourth-order valence-electron chi connectivity index (χ4n) is 4.69. The number of rotatable bonds is 12. The molecule has 0 unspecified atom stereocenters. The van der Waals surface area contributed by atoms with Crippen molar-refractivity contribution < 1.29 is 19.7 Å². The third-order valence-corrected chi connectivity index (χ3v) is 6.44. The average molecular weight is 504 g/mol. The molecule has 0 spiro atoms. The van der Waals surface area contributed by atoms with Crippen LogP contribution >= 0.6 is 0 Å². The molecule has 1 aliphatic heterocycles. The number of benzene rings is 1. The SMILES string of the molecule is C.C.CCC[C@@H](CCO)Nc1nc(N)nc(C)c1Cc1ccc(CN2CCC[C@@H]2C(=O)O)cc1OC. The number of hydrogen-bond acceptors (Lipinski definition) is 8. The maximum atomic E-state index is 11.5. The van der Waals surface area contributed by atoms with Gasteiger partial charge in [0, 0.05) is 36.9 Å². The van der Waals surface area contributed by atoms with Gasteiger partial charge in [-0.2, -0.15) is 4.98 Å². The molecule has 1 fully saturated rings. The molecule has 0 amide bonds. The monoisotopic (exact) mass is 503 g/mol. The van der Waals surface area contributed by atoms with E-state index in [2.05, 4.69) is 22.2 Å². The molecular formula is C27H45N5O4. The number of nitrogens with one attached hydrogen (secondary N) is 1. The number of carboxylic acid groups (broad SMARTS) is 1. The summed E-state index contributed by atoms with van der Waals surface area (Å²) in [6, 6.07) is 5.70. The summed E-state index contributed by atoms with van der Waals surface area (Å²) in [5, 5.41) is 22.4. The number of ether oxygens (including phenoxy) is 1. The first-order chi connectivity index (χ1) is 16.4. The van der Waals surface area contributed by atoms with Crippen LogP contribution in [0.4, 0.5) is 11.8 Å². The third kappa shape index (κ3) is 7.80. The van der Waals surface area contributed by atoms with Gasteiger partial charge in [0.2, 0.25) is 5.95 Å². The summed E-state index contributed by atoms with van der Waals surface area (Å²) >= 11 is 0. The zero-order chi connectivity index (χ0) is 24.7. The maximum Gasteiger partial charge on any atom is 0.320 e. The molecule has 2 heterocycles. The number of carbonyl (C=O) groups is 1. The van der Waals surface area contributed by atoms with Gasteiger partial charge >= 0.3 is 5.97 Å². The summed E-state index contributed by atoms with van der Waals surface area (Å²) in [5.74, 6) is 0.877. The summed E-state index contributed by atoms with van der Waals surface area (Å²) in [6.45, 7) is 5.48. The van der Waals surface area contributed by atoms with E-state index >= 15 is 0 Å². The van der Waals surface area contributed by atoms with Crippen LogP contribution in [0.3, 0.4) is 0 Å². The first-order valence-electron chi connectivity index (χ1n) is 12.0. The van der Waals surface area contributed by atoms with Crippen molar-refractivity contribution in [2.75, 3.05) is 31.3 Å². The number of aliphatic carboxylic acids is 1. The van der Waals surface area contributed by atoms with Crippen LogP contribution in [-0.2, 0) is 17.8 Å². The first-order valence-corrected chi connectivity index (χ1v) is 12.0. The van der Waals surface area contributed by atoms with E-state index in [1.165, 1.54) is 0 Å². The predicted octanol–water partition coefficient (Wildman–Crippen LogP) is 4.25. The topological polar surface area (TPSA) is 134 Å². The number of nitrogens with zero attached hydrogens (tertiary/aromatic N) is 3. The minimum Gasteiger partial charge on any atom is -0.496 e. The first kappa shape index (κ1) is 31.1. The molecule has 36 heavy (non-hydrogen) atoms. The van der Waals surface area contributed by atoms with Crippen molar-refractivity contribution in [3.63, 3.8) is 0 Å². The van der Waals surface area contributed by atoms with Crippen LogP contribution < -0.4 is 15.8 Å². The molecule has 5 N–H and O–H groups in total. The van der Waals surface area contributed by atoms with Crippen molar-refractivity contribution >= 4 is 17.7 Å². The Kier molecular flexibility index (Phi) is 12.6. The molecule has 0 aliphatic carbocycles. The van der Waals surface area contributed by atoms with E-state index in [4.69, 9.17) is 10.5 Å². The lowest BCUT2D eigenvalue weighted by Gasteiger charge is -2.22. The molecule has 202 valence electrons. The number of likely N-dealkylation sites (tertiary alicyclic amines) is 1. The lowest BCUT2D eigenvalue weighted by molar-refractivity contribution is -0.142. The predicted molar refractivity (Wildman–Crippen MR) is 146 cm³/mol. The summed E-state index contributed by atoms with van der Waals surface area (Å²) in [4.78, 5) is 22.4. The van der Waals surface area contributed by atoms with Crippen LogP contribution in [0.1, 0.15) is 76.3 Å². The van der Waals surface area contributed by atoms with Crippen molar-refractivity contribution in [2.24, 2.45) is 0 Å². The van der Waals surface area contributed by atoms with Gasteiger partial charge in [0.25, 0.3) is 0 Å². The lowest BCUT2D eigenvalue weighted by Crippen LogP contribution is -2.35. The molecule has 0 bridgehead atoms. The highest BCUT2D eigenvalue weighted by Crippen LogP contribution is 2.29. The highest BCUT2D eigenvalue weighted by Gasteiger charge is 2.30.